The van der Waals surface area contributed by atoms with Gasteiger partial charge >= 0.3 is 0 Å². The van der Waals surface area contributed by atoms with E-state index in [1.54, 1.807) is 4.90 Å². The quantitative estimate of drug-likeness (QED) is 0.786. The summed E-state index contributed by atoms with van der Waals surface area (Å²) < 4.78 is 0. The summed E-state index contributed by atoms with van der Waals surface area (Å²) in [5.41, 5.74) is 0. The van der Waals surface area contributed by atoms with Crippen LogP contribution in [0.3, 0.4) is 0 Å². The van der Waals surface area contributed by atoms with Crippen molar-refractivity contribution in [3.63, 3.8) is 0 Å². The van der Waals surface area contributed by atoms with Gasteiger partial charge in [0.25, 0.3) is 0 Å². The largest absolute Gasteiger partial charge is 0.339 e. The summed E-state index contributed by atoms with van der Waals surface area (Å²) in [4.78, 5) is 27.4. The van der Waals surface area contributed by atoms with Crippen molar-refractivity contribution in [1.29, 1.82) is 5.26 Å². The Morgan fingerprint density at radius 3 is 2.05 bits per heavy atom. The number of hydrogen-bond acceptors (Lipinski definition) is 3. The predicted octanol–water partition coefficient (Wildman–Crippen LogP) is 1.54. The van der Waals surface area contributed by atoms with Gasteiger partial charge in [0, 0.05) is 32.6 Å². The average molecular weight is 277 g/mol. The van der Waals surface area contributed by atoms with Gasteiger partial charge in [0.15, 0.2) is 0 Å². The van der Waals surface area contributed by atoms with E-state index >= 15 is 0 Å². The fourth-order valence-corrected chi connectivity index (χ4v) is 3.15. The maximum absolute atomic E-state index is 12.2. The summed E-state index contributed by atoms with van der Waals surface area (Å²) in [5.74, 6) is 0.686. The maximum Gasteiger partial charge on any atom is 0.236 e. The Morgan fingerprint density at radius 2 is 1.50 bits per heavy atom. The molecule has 2 amide bonds. The summed E-state index contributed by atoms with van der Waals surface area (Å²) in [6.45, 7) is 2.36. The minimum Gasteiger partial charge on any atom is -0.339 e. The second-order valence-corrected chi connectivity index (χ2v) is 5.80. The second kappa shape index (κ2) is 7.28. The molecule has 0 spiro atoms. The topological polar surface area (TPSA) is 64.4 Å². The second-order valence-electron chi connectivity index (χ2n) is 5.80. The number of carbonyl (C=O) groups excluding carboxylic acids is 2. The van der Waals surface area contributed by atoms with Gasteiger partial charge in [0.2, 0.25) is 11.8 Å². The van der Waals surface area contributed by atoms with Gasteiger partial charge in [-0.05, 0) is 18.8 Å². The molecule has 0 aromatic heterocycles. The molecule has 0 atom stereocenters. The fourth-order valence-electron chi connectivity index (χ4n) is 3.15. The van der Waals surface area contributed by atoms with Crippen LogP contribution in [0.4, 0.5) is 0 Å². The minimum absolute atomic E-state index is 0.0595. The molecule has 0 N–H and O–H groups in total. The molecular formula is C15H23N3O2. The van der Waals surface area contributed by atoms with Crippen LogP contribution in [0.2, 0.25) is 0 Å². The molecule has 0 aromatic rings. The van der Waals surface area contributed by atoms with Crippen LogP contribution in [0.25, 0.3) is 0 Å². The molecule has 1 aliphatic heterocycles. The molecule has 2 aliphatic rings. The molecule has 5 nitrogen and oxygen atoms in total. The van der Waals surface area contributed by atoms with E-state index in [-0.39, 0.29) is 18.2 Å². The Morgan fingerprint density at radius 1 is 0.950 bits per heavy atom. The highest BCUT2D eigenvalue weighted by Crippen LogP contribution is 2.27. The third-order valence-electron chi connectivity index (χ3n) is 4.40. The Hall–Kier alpha value is -1.57. The van der Waals surface area contributed by atoms with Gasteiger partial charge in [-0.2, -0.15) is 5.26 Å². The summed E-state index contributed by atoms with van der Waals surface area (Å²) in [6.07, 6.45) is 6.81. The zero-order valence-electron chi connectivity index (χ0n) is 12.0. The predicted molar refractivity (Wildman–Crippen MR) is 74.6 cm³/mol. The van der Waals surface area contributed by atoms with Crippen LogP contribution in [0, 0.1) is 17.2 Å². The number of hydrogen-bond donors (Lipinski definition) is 0. The molecule has 0 unspecified atom stereocenters. The highest BCUT2D eigenvalue weighted by atomic mass is 16.2. The van der Waals surface area contributed by atoms with Crippen LogP contribution >= 0.6 is 0 Å². The number of carbonyl (C=O) groups is 2. The zero-order chi connectivity index (χ0) is 14.4. The van der Waals surface area contributed by atoms with E-state index in [2.05, 4.69) is 0 Å². The van der Waals surface area contributed by atoms with Crippen LogP contribution in [0.15, 0.2) is 0 Å². The maximum atomic E-state index is 12.2. The molecule has 1 saturated heterocycles. The number of rotatable bonds is 3. The van der Waals surface area contributed by atoms with Crippen molar-refractivity contribution in [2.75, 3.05) is 26.2 Å². The molecule has 2 rings (SSSR count). The van der Waals surface area contributed by atoms with Crippen molar-refractivity contribution >= 4 is 11.8 Å². The molecule has 20 heavy (non-hydrogen) atoms. The summed E-state index contributed by atoms with van der Waals surface area (Å²) in [6, 6.07) is 1.88. The molecule has 110 valence electrons. The molecule has 1 heterocycles. The lowest BCUT2D eigenvalue weighted by molar-refractivity contribution is -0.139. The molecule has 1 aliphatic carbocycles. The standard InChI is InChI=1S/C15H23N3O2/c16-7-6-14(19)17-8-10-18(11-9-17)15(20)12-13-4-2-1-3-5-13/h13H,1-6,8-12H2. The first-order chi connectivity index (χ1) is 9.70. The number of nitrogens with zero attached hydrogens (tertiary/aromatic N) is 3. The molecule has 0 aromatic carbocycles. The van der Waals surface area contributed by atoms with Gasteiger partial charge in [0.05, 0.1) is 6.07 Å². The van der Waals surface area contributed by atoms with E-state index in [4.69, 9.17) is 5.26 Å². The Balaban J connectivity index is 1.74. The van der Waals surface area contributed by atoms with E-state index in [0.717, 1.165) is 0 Å². The van der Waals surface area contributed by atoms with E-state index in [1.807, 2.05) is 11.0 Å². The van der Waals surface area contributed by atoms with E-state index < -0.39 is 0 Å². The molecule has 2 fully saturated rings. The third-order valence-corrected chi connectivity index (χ3v) is 4.40. The lowest BCUT2D eigenvalue weighted by Crippen LogP contribution is -2.50. The molecule has 5 heteroatoms. The molecule has 0 radical (unpaired) electrons. The Kier molecular flexibility index (Phi) is 5.40. The lowest BCUT2D eigenvalue weighted by Gasteiger charge is -2.35. The van der Waals surface area contributed by atoms with Crippen molar-refractivity contribution in [3.8, 4) is 6.07 Å². The van der Waals surface area contributed by atoms with Gasteiger partial charge < -0.3 is 9.80 Å². The molecule has 0 bridgehead atoms. The normalized spacial score (nSPS) is 20.6. The summed E-state index contributed by atoms with van der Waals surface area (Å²) >= 11 is 0. The monoisotopic (exact) mass is 277 g/mol. The van der Waals surface area contributed by atoms with Gasteiger partial charge in [0.1, 0.15) is 6.42 Å². The first-order valence-corrected chi connectivity index (χ1v) is 7.63. The van der Waals surface area contributed by atoms with Crippen molar-refractivity contribution in [2.24, 2.45) is 5.92 Å². The van der Waals surface area contributed by atoms with Crippen LogP contribution in [0.1, 0.15) is 44.9 Å². The lowest BCUT2D eigenvalue weighted by atomic mass is 9.86. The van der Waals surface area contributed by atoms with Crippen molar-refractivity contribution in [2.45, 2.75) is 44.9 Å². The third kappa shape index (κ3) is 3.96. The smallest absolute Gasteiger partial charge is 0.236 e. The van der Waals surface area contributed by atoms with Crippen LogP contribution in [-0.4, -0.2) is 47.8 Å². The van der Waals surface area contributed by atoms with Crippen molar-refractivity contribution < 1.29 is 9.59 Å². The number of nitriles is 1. The van der Waals surface area contributed by atoms with Crippen LogP contribution in [-0.2, 0) is 9.59 Å². The highest BCUT2D eigenvalue weighted by molar-refractivity contribution is 5.79. The minimum atomic E-state index is -0.119. The van der Waals surface area contributed by atoms with Gasteiger partial charge in [-0.3, -0.25) is 9.59 Å². The van der Waals surface area contributed by atoms with E-state index in [9.17, 15) is 9.59 Å². The molecular weight excluding hydrogens is 254 g/mol. The Labute approximate surface area is 120 Å². The number of piperazine rings is 1. The first kappa shape index (κ1) is 14.8. The highest BCUT2D eigenvalue weighted by Gasteiger charge is 2.26. The first-order valence-electron chi connectivity index (χ1n) is 7.63. The number of amides is 2. The van der Waals surface area contributed by atoms with Crippen molar-refractivity contribution in [3.05, 3.63) is 0 Å². The summed E-state index contributed by atoms with van der Waals surface area (Å²) in [5, 5.41) is 8.53. The van der Waals surface area contributed by atoms with Gasteiger partial charge in [-0.15, -0.1) is 0 Å². The van der Waals surface area contributed by atoms with Crippen LogP contribution in [0.5, 0.6) is 0 Å². The zero-order valence-corrected chi connectivity index (χ0v) is 12.0. The van der Waals surface area contributed by atoms with Gasteiger partial charge in [-0.25, -0.2) is 0 Å². The Bertz CT molecular complexity index is 388. The summed E-state index contributed by atoms with van der Waals surface area (Å²) in [7, 11) is 0. The van der Waals surface area contributed by atoms with E-state index in [1.165, 1.54) is 32.1 Å². The van der Waals surface area contributed by atoms with Crippen molar-refractivity contribution in [1.82, 2.24) is 9.80 Å². The average Bonchev–Trinajstić information content (AvgIpc) is 2.48. The van der Waals surface area contributed by atoms with Crippen LogP contribution < -0.4 is 0 Å². The molecule has 1 saturated carbocycles. The van der Waals surface area contributed by atoms with Gasteiger partial charge in [-0.1, -0.05) is 19.3 Å². The van der Waals surface area contributed by atoms with E-state index in [0.29, 0.717) is 38.5 Å². The fraction of sp³-hybridized carbons (Fsp3) is 0.800. The SMILES string of the molecule is N#CCC(=O)N1CCN(C(=O)CC2CCCCC2)CC1.